The number of hydrogen-bond acceptors (Lipinski definition) is 3. The number of ether oxygens (including phenoxy) is 1. The molecule has 2 rings (SSSR count). The van der Waals surface area contributed by atoms with Crippen molar-refractivity contribution in [3.63, 3.8) is 0 Å². The lowest BCUT2D eigenvalue weighted by Crippen LogP contribution is -2.48. The van der Waals surface area contributed by atoms with Gasteiger partial charge in [-0.05, 0) is 45.4 Å². The third-order valence-electron chi connectivity index (χ3n) is 3.60. The van der Waals surface area contributed by atoms with Crippen LogP contribution < -0.4 is 0 Å². The summed E-state index contributed by atoms with van der Waals surface area (Å²) in [5, 5.41) is 9.15. The van der Waals surface area contributed by atoms with E-state index in [1.165, 1.54) is 0 Å². The number of carboxylic acids is 1. The lowest BCUT2D eigenvalue weighted by molar-refractivity contribution is -0.144. The minimum atomic E-state index is -0.811. The van der Waals surface area contributed by atoms with Crippen LogP contribution in [0.3, 0.4) is 0 Å². The second-order valence-corrected chi connectivity index (χ2v) is 6.60. The zero-order valence-electron chi connectivity index (χ0n) is 11.2. The van der Waals surface area contributed by atoms with Gasteiger partial charge in [-0.25, -0.2) is 4.79 Å². The zero-order chi connectivity index (χ0) is 13.6. The maximum Gasteiger partial charge on any atom is 0.410 e. The smallest absolute Gasteiger partial charge is 0.410 e. The number of rotatable bonds is 1. The third-order valence-corrected chi connectivity index (χ3v) is 3.60. The number of carbonyl (C=O) groups is 2. The predicted octanol–water partition coefficient (Wildman–Crippen LogP) is 2.11. The summed E-state index contributed by atoms with van der Waals surface area (Å²) in [6.07, 6.45) is 2.35. The number of piperidine rings is 1. The van der Waals surface area contributed by atoms with E-state index in [0.29, 0.717) is 13.0 Å². The fourth-order valence-corrected chi connectivity index (χ4v) is 2.56. The Morgan fingerprint density at radius 2 is 1.94 bits per heavy atom. The van der Waals surface area contributed by atoms with E-state index in [2.05, 4.69) is 0 Å². The summed E-state index contributed by atoms with van der Waals surface area (Å²) < 4.78 is 5.32. The van der Waals surface area contributed by atoms with Crippen LogP contribution in [-0.2, 0) is 9.53 Å². The number of carboxylic acid groups (broad SMARTS) is 1. The quantitative estimate of drug-likeness (QED) is 0.779. The molecule has 0 aromatic heterocycles. The Kier molecular flexibility index (Phi) is 3.03. The van der Waals surface area contributed by atoms with Crippen molar-refractivity contribution in [2.24, 2.45) is 11.3 Å². The molecule has 1 amide bonds. The average Bonchev–Trinajstić information content (AvgIpc) is 2.94. The molecule has 0 unspecified atom stereocenters. The van der Waals surface area contributed by atoms with Gasteiger partial charge in [0.05, 0.1) is 5.92 Å². The molecule has 0 radical (unpaired) electrons. The lowest BCUT2D eigenvalue weighted by Gasteiger charge is -2.37. The van der Waals surface area contributed by atoms with Crippen molar-refractivity contribution in [1.29, 1.82) is 0 Å². The van der Waals surface area contributed by atoms with Crippen LogP contribution >= 0.6 is 0 Å². The Hall–Kier alpha value is -1.26. The van der Waals surface area contributed by atoms with E-state index in [1.807, 2.05) is 20.8 Å². The largest absolute Gasteiger partial charge is 0.481 e. The Bertz CT molecular complexity index is 368. The topological polar surface area (TPSA) is 66.8 Å². The van der Waals surface area contributed by atoms with Gasteiger partial charge in [-0.2, -0.15) is 0 Å². The van der Waals surface area contributed by atoms with Crippen LogP contribution in [0, 0.1) is 11.3 Å². The molecular formula is C13H21NO4. The first-order chi connectivity index (χ1) is 8.21. The Morgan fingerprint density at radius 1 is 1.33 bits per heavy atom. The number of amides is 1. The maximum atomic E-state index is 12.0. The maximum absolute atomic E-state index is 12.0. The van der Waals surface area contributed by atoms with Gasteiger partial charge < -0.3 is 14.7 Å². The Labute approximate surface area is 107 Å². The van der Waals surface area contributed by atoms with Crippen LogP contribution in [0.1, 0.15) is 40.0 Å². The Morgan fingerprint density at radius 3 is 2.39 bits per heavy atom. The summed E-state index contributed by atoms with van der Waals surface area (Å²) in [7, 11) is 0. The molecule has 5 heteroatoms. The SMILES string of the molecule is CC(C)(C)OC(=O)N1C[C@H](C(=O)O)CC2(CC2)C1. The van der Waals surface area contributed by atoms with Gasteiger partial charge in [0.25, 0.3) is 0 Å². The molecule has 1 spiro atoms. The molecule has 2 fully saturated rings. The molecule has 1 heterocycles. The number of nitrogens with zero attached hydrogens (tertiary/aromatic N) is 1. The highest BCUT2D eigenvalue weighted by molar-refractivity contribution is 5.73. The van der Waals surface area contributed by atoms with Crippen molar-refractivity contribution in [3.05, 3.63) is 0 Å². The number of aliphatic carboxylic acids is 1. The minimum absolute atomic E-state index is 0.0538. The second-order valence-electron chi connectivity index (χ2n) is 6.60. The molecule has 1 saturated carbocycles. The molecule has 1 saturated heterocycles. The molecular weight excluding hydrogens is 234 g/mol. The summed E-state index contributed by atoms with van der Waals surface area (Å²) >= 11 is 0. The molecule has 18 heavy (non-hydrogen) atoms. The predicted molar refractivity (Wildman–Crippen MR) is 65.2 cm³/mol. The third kappa shape index (κ3) is 2.94. The van der Waals surface area contributed by atoms with Crippen molar-refractivity contribution in [2.45, 2.75) is 45.6 Å². The molecule has 0 aromatic rings. The first-order valence-corrected chi connectivity index (χ1v) is 6.42. The van der Waals surface area contributed by atoms with E-state index >= 15 is 0 Å². The van der Waals surface area contributed by atoms with Crippen LogP contribution in [0.25, 0.3) is 0 Å². The highest BCUT2D eigenvalue weighted by Gasteiger charge is 2.51. The molecule has 1 atom stereocenters. The molecule has 1 aliphatic heterocycles. The van der Waals surface area contributed by atoms with Gasteiger partial charge in [-0.3, -0.25) is 4.79 Å². The zero-order valence-corrected chi connectivity index (χ0v) is 11.2. The van der Waals surface area contributed by atoms with Gasteiger partial charge >= 0.3 is 12.1 Å². The van der Waals surface area contributed by atoms with Gasteiger partial charge in [-0.15, -0.1) is 0 Å². The van der Waals surface area contributed by atoms with E-state index in [1.54, 1.807) is 4.90 Å². The van der Waals surface area contributed by atoms with Crippen molar-refractivity contribution in [1.82, 2.24) is 4.90 Å². The monoisotopic (exact) mass is 255 g/mol. The molecule has 0 aromatic carbocycles. The van der Waals surface area contributed by atoms with Crippen molar-refractivity contribution in [3.8, 4) is 0 Å². The van der Waals surface area contributed by atoms with Crippen LogP contribution in [0.4, 0.5) is 4.79 Å². The lowest BCUT2D eigenvalue weighted by atomic mass is 9.87. The number of likely N-dealkylation sites (tertiary alicyclic amines) is 1. The van der Waals surface area contributed by atoms with Gasteiger partial charge in [0.15, 0.2) is 0 Å². The number of hydrogen-bond donors (Lipinski definition) is 1. The normalized spacial score (nSPS) is 25.9. The molecule has 0 bridgehead atoms. The van der Waals surface area contributed by atoms with Gasteiger partial charge in [0.2, 0.25) is 0 Å². The molecule has 1 aliphatic carbocycles. The van der Waals surface area contributed by atoms with Gasteiger partial charge in [-0.1, -0.05) is 0 Å². The summed E-state index contributed by atoms with van der Waals surface area (Å²) in [5.41, 5.74) is -0.484. The molecule has 1 N–H and O–H groups in total. The van der Waals surface area contributed by atoms with E-state index in [4.69, 9.17) is 9.84 Å². The van der Waals surface area contributed by atoms with E-state index in [-0.39, 0.29) is 18.1 Å². The van der Waals surface area contributed by atoms with E-state index in [0.717, 1.165) is 12.8 Å². The van der Waals surface area contributed by atoms with Crippen LogP contribution in [0.2, 0.25) is 0 Å². The van der Waals surface area contributed by atoms with E-state index in [9.17, 15) is 9.59 Å². The minimum Gasteiger partial charge on any atom is -0.481 e. The fourth-order valence-electron chi connectivity index (χ4n) is 2.56. The summed E-state index contributed by atoms with van der Waals surface area (Å²) in [4.78, 5) is 24.7. The molecule has 102 valence electrons. The standard InChI is InChI=1S/C13H21NO4/c1-12(2,3)18-11(17)14-7-9(10(15)16)6-13(8-14)4-5-13/h9H,4-8H2,1-3H3,(H,15,16)/t9-/m1/s1. The summed E-state index contributed by atoms with van der Waals surface area (Å²) in [5.74, 6) is -1.26. The molecule has 5 nitrogen and oxygen atoms in total. The van der Waals surface area contributed by atoms with Crippen LogP contribution in [0.15, 0.2) is 0 Å². The Balaban J connectivity index is 2.04. The second kappa shape index (κ2) is 4.14. The highest BCUT2D eigenvalue weighted by Crippen LogP contribution is 2.53. The van der Waals surface area contributed by atoms with E-state index < -0.39 is 17.5 Å². The van der Waals surface area contributed by atoms with Crippen LogP contribution in [0.5, 0.6) is 0 Å². The first-order valence-electron chi connectivity index (χ1n) is 6.42. The summed E-state index contributed by atoms with van der Waals surface area (Å²) in [6, 6.07) is 0. The number of carbonyl (C=O) groups excluding carboxylic acids is 1. The highest BCUT2D eigenvalue weighted by atomic mass is 16.6. The first kappa shape index (κ1) is 13.2. The molecule has 2 aliphatic rings. The van der Waals surface area contributed by atoms with Crippen molar-refractivity contribution >= 4 is 12.1 Å². The summed E-state index contributed by atoms with van der Waals surface area (Å²) in [6.45, 7) is 6.36. The van der Waals surface area contributed by atoms with Crippen molar-refractivity contribution in [2.75, 3.05) is 13.1 Å². The van der Waals surface area contributed by atoms with Crippen LogP contribution in [-0.4, -0.2) is 40.8 Å². The average molecular weight is 255 g/mol. The van der Waals surface area contributed by atoms with Gasteiger partial charge in [0.1, 0.15) is 5.60 Å². The van der Waals surface area contributed by atoms with Gasteiger partial charge in [0, 0.05) is 13.1 Å². The fraction of sp³-hybridized carbons (Fsp3) is 0.846. The van der Waals surface area contributed by atoms with Crippen molar-refractivity contribution < 1.29 is 19.4 Å².